The van der Waals surface area contributed by atoms with Gasteiger partial charge in [-0.1, -0.05) is 58.5 Å². The van der Waals surface area contributed by atoms with Crippen LogP contribution in [0.4, 0.5) is 0 Å². The molecule has 0 bridgehead atoms. The van der Waals surface area contributed by atoms with Gasteiger partial charge in [0, 0.05) is 877 Å². The van der Waals surface area contributed by atoms with Crippen LogP contribution in [0.3, 0.4) is 0 Å². The van der Waals surface area contributed by atoms with E-state index in [1.54, 1.807) is 284 Å². The first-order chi connectivity index (χ1) is 69.8. The van der Waals surface area contributed by atoms with Crippen LogP contribution >= 0.6 is 46.4 Å². The lowest BCUT2D eigenvalue weighted by molar-refractivity contribution is 0.0581. The first-order valence-corrected chi connectivity index (χ1v) is 152. The van der Waals surface area contributed by atoms with Crippen LogP contribution in [-0.4, -0.2) is 67.1 Å². The van der Waals surface area contributed by atoms with E-state index in [-0.39, 0.29) is 0 Å². The van der Waals surface area contributed by atoms with Gasteiger partial charge >= 0.3 is 19.1 Å². The SMILES string of the molecule is COC(=O)c1[nH]c2ccc(Cl)cc2c1OC.COC(=O)c1c(OC)c2cc(Cl)ccc2n1-c1ccc(Cl)cc1.OB(O)c1ccc(Cl)cc1.S=S=S=S=S=S=S=S=S=S=S=S=S=S=S=S=S=S=S=S=S=S=S=S=S=S=S=S=S=S=S=S=S=S=S=S=S=S=S=S=S=S=S=S=S.S=S=S=S=S=S=S=S=S=S=S=S=S=S=S=S=S=S=S=S=S=S=S=S=S=S=S=S=S=S=S=S=S=S=S=S=S=S=S=S=S=S=S=S=S=S=S=S. The van der Waals surface area contributed by atoms with Crippen molar-refractivity contribution in [2.24, 2.45) is 0 Å². The number of halogens is 4. The van der Waals surface area contributed by atoms with Gasteiger partial charge in [0.15, 0.2) is 22.9 Å². The maximum absolute atomic E-state index is 12.3. The molecule has 3 N–H and O–H groups in total. The number of aromatic nitrogens is 2. The number of H-pyrrole nitrogens is 1. The molecule has 0 saturated heterocycles. The molecule has 6 rings (SSSR count). The summed E-state index contributed by atoms with van der Waals surface area (Å²) >= 11 is 42.7. The Bertz CT molecular complexity index is 9900. The van der Waals surface area contributed by atoms with Gasteiger partial charge in [0.05, 0.1) is 34.0 Å². The Kier molecular flexibility index (Phi) is 131. The minimum absolute atomic E-state index is 0.294. The lowest BCUT2D eigenvalue weighted by atomic mass is 9.81. The highest BCUT2D eigenvalue weighted by atomic mass is 35.5. The maximum atomic E-state index is 12.3. The number of nitrogens with zero attached hydrogens (tertiary/aromatic N) is 1. The van der Waals surface area contributed by atoms with E-state index in [9.17, 15) is 9.59 Å². The average Bonchev–Trinajstić information content (AvgIpc) is 1.59. The predicted octanol–water partition coefficient (Wildman–Crippen LogP) is 7.15. The summed E-state index contributed by atoms with van der Waals surface area (Å²) in [5.41, 5.74) is 3.38. The molecule has 0 amide bonds. The molecule has 0 radical (unpaired) electrons. The van der Waals surface area contributed by atoms with Gasteiger partial charge in [-0.3, -0.25) is 0 Å². The molecule has 0 atom stereocenters. The molecule has 0 spiro atoms. The number of ether oxygens (including phenoxy) is 4. The second kappa shape index (κ2) is 121. The number of esters is 2. The molecule has 0 saturated carbocycles. The van der Waals surface area contributed by atoms with Crippen molar-refractivity contribution in [1.29, 1.82) is 0 Å². The molecule has 142 heavy (non-hydrogen) atoms. The predicted molar refractivity (Wildman–Crippen MR) is 879 cm³/mol. The number of benzene rings is 4. The molecule has 2 aromatic heterocycles. The molecule has 10 nitrogen and oxygen atoms in total. The Hall–Kier alpha value is 16.1. The van der Waals surface area contributed by atoms with Crippen molar-refractivity contribution in [2.45, 2.75) is 0 Å². The van der Waals surface area contributed by atoms with Gasteiger partial charge in [-0.25, -0.2) is 9.59 Å². The van der Waals surface area contributed by atoms with Gasteiger partial charge in [0.2, 0.25) is 0 Å². The molecule has 6 aromatic rings. The summed E-state index contributed by atoms with van der Waals surface area (Å²) in [6.45, 7) is 0. The van der Waals surface area contributed by atoms with E-state index in [0.29, 0.717) is 48.4 Å². The van der Waals surface area contributed by atoms with Crippen molar-refractivity contribution in [3.63, 3.8) is 0 Å². The van der Waals surface area contributed by atoms with Crippen molar-refractivity contribution in [1.82, 2.24) is 9.55 Å². The third-order valence-electron chi connectivity index (χ3n) is 9.44. The van der Waals surface area contributed by atoms with Crippen LogP contribution in [0.15, 0.2) is 84.9 Å². The molecule has 0 aliphatic rings. The van der Waals surface area contributed by atoms with Gasteiger partial charge in [-0.2, -0.15) is 0 Å². The molecule has 812 valence electrons. The number of hydrogen-bond donors (Lipinski definition) is 3. The topological polar surface area (TPSA) is 132 Å². The lowest BCUT2D eigenvalue weighted by Crippen LogP contribution is -2.29. The number of carbonyl (C=O) groups is 2. The normalized spacial score (nSPS) is 8.66. The molecule has 4 aromatic carbocycles. The standard InChI is InChI=1S/C17H13Cl2NO3.C11H10ClNO3.C6H6BClO2.S48.S45/c1-22-16-13-9-11(19)5-8-14(13)20(15(16)17(21)23-2)12-6-3-10(18)4-7-12;1-15-10-7-5-6(12)3-4-8(7)13-9(10)11(14)16-2;8-6-3-1-5(2-4-6)7(9)10;1-3-5-7-9-11-13-15-17-19-21-23-25-27-29-31-33-35-37-39-41-43-45-47-48-46-44-42-40-38-36-34-32-30-28-26-24-22-20-18-16-14-12-10-8-6-4-2;1-3-5-7-9-11-13-15-17-19-21-23-25-27-29-31-33-35-37-39-41-43-45-44-42-40-38-36-34-32-30-28-26-24-22-20-18-16-14-12-10-8-6-4-2/h3-9H,1-2H3;3-5,13H,1-2H3;1-4,9-10H;;. The Morgan fingerprint density at radius 2 is 0.458 bits per heavy atom. The zero-order valence-electron chi connectivity index (χ0n) is 64.4. The monoisotopic (exact) mass is 3720 g/mol. The minimum Gasteiger partial charge on any atom is -0.494 e. The van der Waals surface area contributed by atoms with Crippen LogP contribution in [0.1, 0.15) is 21.0 Å². The van der Waals surface area contributed by atoms with E-state index in [1.807, 2.05) is 560 Å². The number of aromatic amines is 1. The van der Waals surface area contributed by atoms with E-state index in [0.717, 1.165) is 27.5 Å². The highest BCUT2D eigenvalue weighted by Gasteiger charge is 2.26. The van der Waals surface area contributed by atoms with E-state index >= 15 is 0 Å². The van der Waals surface area contributed by atoms with Gasteiger partial charge in [0.25, 0.3) is 0 Å². The van der Waals surface area contributed by atoms with Gasteiger partial charge in [0.1, 0.15) is 0 Å². The van der Waals surface area contributed by atoms with E-state index in [2.05, 4.69) is 9.72 Å². The number of fused-ring (bicyclic) bond motifs is 2. The van der Waals surface area contributed by atoms with E-state index < -0.39 is 19.1 Å². The molecule has 0 fully saturated rings. The van der Waals surface area contributed by atoms with Crippen LogP contribution in [0.2, 0.25) is 20.1 Å². The molecular formula is C34H29BCl4N2O8S93. The van der Waals surface area contributed by atoms with Crippen molar-refractivity contribution in [3.05, 3.63) is 116 Å². The Labute approximate surface area is 1110 Å². The van der Waals surface area contributed by atoms with Crippen LogP contribution < -0.4 is 14.9 Å². The first-order valence-electron chi connectivity index (χ1n) is 29.4. The van der Waals surface area contributed by atoms with Gasteiger partial charge in [-0.15, -0.1) is 0 Å². The third kappa shape index (κ3) is 92.9. The molecule has 0 aliphatic carbocycles. The van der Waals surface area contributed by atoms with E-state index in [4.69, 9.17) is 115 Å². The molecule has 108 heteroatoms. The lowest BCUT2D eigenvalue weighted by Gasteiger charge is -2.10. The van der Waals surface area contributed by atoms with Gasteiger partial charge < -0.3 is 38.5 Å². The number of rotatable bonds is 6. The number of methoxy groups -OCH3 is 4. The second-order valence-electron chi connectivity index (χ2n) is 16.0. The summed E-state index contributed by atoms with van der Waals surface area (Å²) in [5, 5.41) is 21.1. The van der Waals surface area contributed by atoms with Crippen molar-refractivity contribution < 1.29 is 38.6 Å². The van der Waals surface area contributed by atoms with Crippen LogP contribution in [-0.2, 0) is 845 Å². The zero-order chi connectivity index (χ0) is 103. The summed E-state index contributed by atoms with van der Waals surface area (Å²) < 4.78 is 22.0. The molecular weight excluding hydrogens is 3700 g/mol. The van der Waals surface area contributed by atoms with Crippen molar-refractivity contribution >= 4 is 928 Å². The number of hydrogen-bond acceptors (Lipinski definition) is 12. The number of carbonyl (C=O) groups excluding carboxylic acids is 2. The smallest absolute Gasteiger partial charge is 0.488 e. The fraction of sp³-hybridized carbons (Fsp3) is 0.118. The van der Waals surface area contributed by atoms with Crippen LogP contribution in [0.25, 0.3) is 27.5 Å². The number of nitrogens with one attached hydrogen (secondary N) is 1. The summed E-state index contributed by atoms with van der Waals surface area (Å²) in [6, 6.07) is 24.1. The molecule has 2 heterocycles. The molecule has 0 aliphatic heterocycles. The quantitative estimate of drug-likeness (QED) is 0.116. The Morgan fingerprint density at radius 1 is 0.261 bits per heavy atom. The Balaban J connectivity index is 0.000000655. The Morgan fingerprint density at radius 3 is 0.662 bits per heavy atom. The van der Waals surface area contributed by atoms with Gasteiger partial charge in [-0.05, 0) is 78.3 Å². The summed E-state index contributed by atoms with van der Waals surface area (Å²) in [6.07, 6.45) is 0. The summed E-state index contributed by atoms with van der Waals surface area (Å²) in [7, 11) is 163. The highest BCUT2D eigenvalue weighted by molar-refractivity contribution is 8.86. The second-order valence-corrected chi connectivity index (χ2v) is 175. The summed E-state index contributed by atoms with van der Waals surface area (Å²) in [5.74, 6) is -0.0954. The van der Waals surface area contributed by atoms with Crippen LogP contribution in [0.5, 0.6) is 11.5 Å². The zero-order valence-corrected chi connectivity index (χ0v) is 143. The largest absolute Gasteiger partial charge is 0.494 e. The maximum Gasteiger partial charge on any atom is 0.488 e. The van der Waals surface area contributed by atoms with Crippen molar-refractivity contribution in [3.8, 4) is 17.2 Å². The third-order valence-corrected chi connectivity index (χ3v) is 204. The average molecular weight is 3730 g/mol. The summed E-state index contributed by atoms with van der Waals surface area (Å²) in [4.78, 5) is 26.7. The first kappa shape index (κ1) is 154. The van der Waals surface area contributed by atoms with Crippen molar-refractivity contribution in [2.75, 3.05) is 28.4 Å². The molecule has 0 unspecified atom stereocenters. The fourth-order valence-electron chi connectivity index (χ4n) is 5.78. The highest BCUT2D eigenvalue weighted by Crippen LogP contribution is 2.38. The fourth-order valence-corrected chi connectivity index (χ4v) is 240. The van der Waals surface area contributed by atoms with Crippen LogP contribution in [0, 0.1) is 0 Å². The minimum atomic E-state index is -1.41. The van der Waals surface area contributed by atoms with E-state index in [1.165, 1.54) is 64.0 Å².